The number of anilines is 3. The largest absolute Gasteiger partial charge is 0.368 e. The van der Waals surface area contributed by atoms with Crippen LogP contribution in [0.5, 0.6) is 0 Å². The highest BCUT2D eigenvalue weighted by Gasteiger charge is 2.22. The molecule has 1 amide bonds. The van der Waals surface area contributed by atoms with E-state index in [9.17, 15) is 4.79 Å². The first-order valence-corrected chi connectivity index (χ1v) is 9.85. The zero-order valence-corrected chi connectivity index (χ0v) is 16.8. The number of rotatable bonds is 4. The van der Waals surface area contributed by atoms with E-state index >= 15 is 0 Å². The molecule has 0 unspecified atom stereocenters. The number of hydrogen-bond acceptors (Lipinski definition) is 5. The lowest BCUT2D eigenvalue weighted by Crippen LogP contribution is -2.47. The molecule has 148 valence electrons. The van der Waals surface area contributed by atoms with Crippen LogP contribution in [-0.2, 0) is 0 Å². The van der Waals surface area contributed by atoms with E-state index in [-0.39, 0.29) is 5.91 Å². The zero-order valence-electron chi connectivity index (χ0n) is 16.8. The average molecular weight is 387 g/mol. The van der Waals surface area contributed by atoms with Crippen molar-refractivity contribution in [1.29, 1.82) is 0 Å². The van der Waals surface area contributed by atoms with Gasteiger partial charge in [-0.2, -0.15) is 0 Å². The van der Waals surface area contributed by atoms with Crippen LogP contribution in [0, 0.1) is 6.92 Å². The van der Waals surface area contributed by atoms with Crippen molar-refractivity contribution in [3.8, 4) is 0 Å². The minimum atomic E-state index is -0.133. The first kappa shape index (κ1) is 18.9. The molecule has 0 atom stereocenters. The number of benzene rings is 2. The van der Waals surface area contributed by atoms with Crippen LogP contribution in [0.15, 0.2) is 66.7 Å². The Labute approximate surface area is 171 Å². The molecule has 1 aromatic heterocycles. The minimum Gasteiger partial charge on any atom is -0.368 e. The van der Waals surface area contributed by atoms with Crippen LogP contribution in [0.2, 0.25) is 0 Å². The van der Waals surface area contributed by atoms with Gasteiger partial charge in [0.15, 0.2) is 0 Å². The average Bonchev–Trinajstić information content (AvgIpc) is 2.79. The van der Waals surface area contributed by atoms with Gasteiger partial charge in [-0.15, -0.1) is 0 Å². The van der Waals surface area contributed by atoms with Crippen LogP contribution < -0.4 is 14.7 Å². The van der Waals surface area contributed by atoms with Gasteiger partial charge in [-0.1, -0.05) is 36.4 Å². The molecular weight excluding hydrogens is 362 g/mol. The van der Waals surface area contributed by atoms with E-state index < -0.39 is 0 Å². The van der Waals surface area contributed by atoms with Crippen molar-refractivity contribution in [1.82, 2.24) is 9.97 Å². The van der Waals surface area contributed by atoms with Crippen LogP contribution >= 0.6 is 0 Å². The maximum atomic E-state index is 13.0. The van der Waals surface area contributed by atoms with E-state index in [1.807, 2.05) is 49.4 Å². The molecule has 4 rings (SSSR count). The highest BCUT2D eigenvalue weighted by atomic mass is 16.2. The monoisotopic (exact) mass is 387 g/mol. The van der Waals surface area contributed by atoms with Gasteiger partial charge in [-0.05, 0) is 31.2 Å². The molecule has 0 spiro atoms. The van der Waals surface area contributed by atoms with Crippen LogP contribution in [0.1, 0.15) is 16.3 Å². The molecule has 0 saturated carbocycles. The number of para-hydroxylation sites is 2. The van der Waals surface area contributed by atoms with Gasteiger partial charge in [0.05, 0.1) is 0 Å². The lowest BCUT2D eigenvalue weighted by molar-refractivity contribution is 0.0988. The normalized spacial score (nSPS) is 14.0. The smallest absolute Gasteiger partial charge is 0.276 e. The fraction of sp³-hybridized carbons (Fsp3) is 0.261. The summed E-state index contributed by atoms with van der Waals surface area (Å²) in [5.41, 5.74) is 2.50. The van der Waals surface area contributed by atoms with E-state index in [1.54, 1.807) is 11.9 Å². The van der Waals surface area contributed by atoms with Crippen molar-refractivity contribution in [2.45, 2.75) is 6.92 Å². The van der Waals surface area contributed by atoms with Crippen molar-refractivity contribution in [2.24, 2.45) is 0 Å². The highest BCUT2D eigenvalue weighted by Crippen LogP contribution is 2.21. The first-order valence-electron chi connectivity index (χ1n) is 9.85. The number of amides is 1. The summed E-state index contributed by atoms with van der Waals surface area (Å²) >= 11 is 0. The topological polar surface area (TPSA) is 52.6 Å². The number of carbonyl (C=O) groups excluding carboxylic acids is 1. The Morgan fingerprint density at radius 1 is 0.862 bits per heavy atom. The summed E-state index contributed by atoms with van der Waals surface area (Å²) in [6.45, 7) is 5.38. The number of aryl methyl sites for hydroxylation is 1. The third-order valence-electron chi connectivity index (χ3n) is 5.22. The highest BCUT2D eigenvalue weighted by molar-refractivity contribution is 6.04. The summed E-state index contributed by atoms with van der Waals surface area (Å²) < 4.78 is 0. The molecule has 0 N–H and O–H groups in total. The van der Waals surface area contributed by atoms with Crippen molar-refractivity contribution in [3.05, 3.63) is 78.2 Å². The fourth-order valence-corrected chi connectivity index (χ4v) is 3.60. The van der Waals surface area contributed by atoms with Gasteiger partial charge in [0.25, 0.3) is 5.91 Å². The predicted molar refractivity (Wildman–Crippen MR) is 117 cm³/mol. The Hall–Kier alpha value is -3.41. The second-order valence-electron chi connectivity index (χ2n) is 7.17. The molecule has 0 radical (unpaired) electrons. The molecule has 1 aliphatic heterocycles. The number of aromatic nitrogens is 2. The molecule has 6 nitrogen and oxygen atoms in total. The van der Waals surface area contributed by atoms with E-state index in [4.69, 9.17) is 0 Å². The predicted octanol–water partition coefficient (Wildman–Crippen LogP) is 3.39. The summed E-state index contributed by atoms with van der Waals surface area (Å²) in [6, 6.07) is 21.9. The second kappa shape index (κ2) is 8.31. The Kier molecular flexibility index (Phi) is 5.42. The van der Waals surface area contributed by atoms with E-state index in [0.717, 1.165) is 37.7 Å². The maximum absolute atomic E-state index is 13.0. The third-order valence-corrected chi connectivity index (χ3v) is 5.22. The summed E-state index contributed by atoms with van der Waals surface area (Å²) in [5.74, 6) is 1.29. The van der Waals surface area contributed by atoms with Crippen molar-refractivity contribution in [3.63, 3.8) is 0 Å². The number of hydrogen-bond donors (Lipinski definition) is 0. The lowest BCUT2D eigenvalue weighted by Gasteiger charge is -2.36. The summed E-state index contributed by atoms with van der Waals surface area (Å²) in [5, 5.41) is 0. The van der Waals surface area contributed by atoms with Gasteiger partial charge in [0, 0.05) is 50.7 Å². The van der Waals surface area contributed by atoms with Crippen LogP contribution in [0.25, 0.3) is 0 Å². The van der Waals surface area contributed by atoms with Gasteiger partial charge in [-0.3, -0.25) is 4.79 Å². The van der Waals surface area contributed by atoms with Gasteiger partial charge in [-0.25, -0.2) is 9.97 Å². The van der Waals surface area contributed by atoms with E-state index in [1.165, 1.54) is 5.69 Å². The fourth-order valence-electron chi connectivity index (χ4n) is 3.60. The van der Waals surface area contributed by atoms with Crippen molar-refractivity contribution < 1.29 is 4.79 Å². The van der Waals surface area contributed by atoms with Crippen LogP contribution in [0.4, 0.5) is 17.2 Å². The third kappa shape index (κ3) is 4.21. The number of piperazine rings is 1. The van der Waals surface area contributed by atoms with Crippen LogP contribution in [-0.4, -0.2) is 49.1 Å². The number of nitrogens with zero attached hydrogens (tertiary/aromatic N) is 5. The van der Waals surface area contributed by atoms with Gasteiger partial charge in [0.2, 0.25) is 0 Å². The molecule has 29 heavy (non-hydrogen) atoms. The van der Waals surface area contributed by atoms with Crippen molar-refractivity contribution in [2.75, 3.05) is 47.9 Å². The molecular formula is C23H25N5O. The van der Waals surface area contributed by atoms with Gasteiger partial charge >= 0.3 is 0 Å². The van der Waals surface area contributed by atoms with Crippen LogP contribution in [0.3, 0.4) is 0 Å². The Bertz CT molecular complexity index is 969. The molecule has 2 heterocycles. The molecule has 1 saturated heterocycles. The molecule has 2 aromatic carbocycles. The maximum Gasteiger partial charge on any atom is 0.276 e. The summed E-state index contributed by atoms with van der Waals surface area (Å²) in [6.07, 6.45) is 0. The van der Waals surface area contributed by atoms with Gasteiger partial charge in [0.1, 0.15) is 17.3 Å². The quantitative estimate of drug-likeness (QED) is 0.687. The first-order chi connectivity index (χ1) is 14.1. The SMILES string of the molecule is Cc1nc(C(=O)N(C)c2ccccc2)cc(N2CCN(c3ccccc3)CC2)n1. The summed E-state index contributed by atoms with van der Waals surface area (Å²) in [4.78, 5) is 28.2. The molecule has 3 aromatic rings. The van der Waals surface area contributed by atoms with Gasteiger partial charge < -0.3 is 14.7 Å². The standard InChI is InChI=1S/C23H25N5O/c1-18-24-21(23(29)26(2)19-9-5-3-6-10-19)17-22(25-18)28-15-13-27(14-16-28)20-11-7-4-8-12-20/h3-12,17H,13-16H2,1-2H3. The number of carbonyl (C=O) groups is 1. The lowest BCUT2D eigenvalue weighted by atomic mass is 10.2. The minimum absolute atomic E-state index is 0.133. The molecule has 0 bridgehead atoms. The molecule has 6 heteroatoms. The molecule has 1 fully saturated rings. The van der Waals surface area contributed by atoms with Crippen molar-refractivity contribution >= 4 is 23.1 Å². The summed E-state index contributed by atoms with van der Waals surface area (Å²) in [7, 11) is 1.77. The van der Waals surface area contributed by atoms with E-state index in [2.05, 4.69) is 44.0 Å². The van der Waals surface area contributed by atoms with E-state index in [0.29, 0.717) is 11.5 Å². The Morgan fingerprint density at radius 2 is 1.45 bits per heavy atom. The Morgan fingerprint density at radius 3 is 2.10 bits per heavy atom. The zero-order chi connectivity index (χ0) is 20.2. The Balaban J connectivity index is 1.50. The molecule has 0 aliphatic carbocycles. The second-order valence-corrected chi connectivity index (χ2v) is 7.17. The molecule has 1 aliphatic rings.